The Morgan fingerprint density at radius 3 is 2.73 bits per heavy atom. The molecule has 5 nitrogen and oxygen atoms in total. The fourth-order valence-corrected chi connectivity index (χ4v) is 4.04. The number of aromatic nitrogens is 3. The lowest BCUT2D eigenvalue weighted by Crippen LogP contribution is -2.24. The topological polar surface area (TPSA) is 71.6 Å². The van der Waals surface area contributed by atoms with Gasteiger partial charge in [0.15, 0.2) is 0 Å². The molecule has 2 heterocycles. The van der Waals surface area contributed by atoms with Gasteiger partial charge in [0.2, 0.25) is 0 Å². The summed E-state index contributed by atoms with van der Waals surface area (Å²) in [6.45, 7) is 0. The quantitative estimate of drug-likeness (QED) is 0.483. The van der Waals surface area contributed by atoms with Crippen LogP contribution in [0, 0.1) is 11.3 Å². The van der Waals surface area contributed by atoms with E-state index in [-0.39, 0.29) is 5.69 Å². The van der Waals surface area contributed by atoms with Crippen LogP contribution in [0.1, 0.15) is 41.3 Å². The minimum atomic E-state index is -0.367. The van der Waals surface area contributed by atoms with Crippen molar-refractivity contribution >= 4 is 22.5 Å². The molecule has 0 bridgehead atoms. The summed E-state index contributed by atoms with van der Waals surface area (Å²) in [5.41, 5.74) is 4.20. The van der Waals surface area contributed by atoms with E-state index in [2.05, 4.69) is 28.2 Å². The molecular weight excluding hydrogens is 396 g/mol. The van der Waals surface area contributed by atoms with Gasteiger partial charge >= 0.3 is 5.69 Å². The molecule has 0 unspecified atom stereocenters. The molecule has 2 aromatic carbocycles. The van der Waals surface area contributed by atoms with Gasteiger partial charge in [-0.25, -0.2) is 9.78 Å². The van der Waals surface area contributed by atoms with E-state index < -0.39 is 0 Å². The SMILES string of the molecule is N#Cc1cc(Cc2nc(=O)n(-c3ccccc3Cl)c3cc(C4CC4)ccc23)ccn1. The van der Waals surface area contributed by atoms with Gasteiger partial charge in [-0.3, -0.25) is 4.57 Å². The highest BCUT2D eigenvalue weighted by Crippen LogP contribution is 2.41. The summed E-state index contributed by atoms with van der Waals surface area (Å²) in [5, 5.41) is 10.5. The highest BCUT2D eigenvalue weighted by atomic mass is 35.5. The van der Waals surface area contributed by atoms with Gasteiger partial charge in [-0.05, 0) is 60.2 Å². The van der Waals surface area contributed by atoms with Crippen molar-refractivity contribution in [3.63, 3.8) is 0 Å². The lowest BCUT2D eigenvalue weighted by Gasteiger charge is -2.15. The first-order valence-electron chi connectivity index (χ1n) is 9.79. The third kappa shape index (κ3) is 3.36. The molecule has 4 aromatic rings. The van der Waals surface area contributed by atoms with Crippen molar-refractivity contribution in [1.29, 1.82) is 5.26 Å². The molecule has 1 fully saturated rings. The van der Waals surface area contributed by atoms with Gasteiger partial charge in [-0.1, -0.05) is 35.9 Å². The first-order chi connectivity index (χ1) is 14.6. The average molecular weight is 413 g/mol. The third-order valence-corrected chi connectivity index (χ3v) is 5.77. The monoisotopic (exact) mass is 412 g/mol. The smallest absolute Gasteiger partial charge is 0.259 e. The Balaban J connectivity index is 1.74. The van der Waals surface area contributed by atoms with Crippen LogP contribution in [-0.4, -0.2) is 14.5 Å². The fraction of sp³-hybridized carbons (Fsp3) is 0.167. The van der Waals surface area contributed by atoms with Gasteiger partial charge in [-0.15, -0.1) is 0 Å². The Hall–Kier alpha value is -3.49. The highest BCUT2D eigenvalue weighted by Gasteiger charge is 2.25. The second kappa shape index (κ2) is 7.40. The third-order valence-electron chi connectivity index (χ3n) is 5.45. The Bertz CT molecular complexity index is 1380. The summed E-state index contributed by atoms with van der Waals surface area (Å²) in [4.78, 5) is 21.6. The molecule has 0 radical (unpaired) electrons. The largest absolute Gasteiger partial charge is 0.352 e. The number of pyridine rings is 1. The lowest BCUT2D eigenvalue weighted by atomic mass is 10.0. The molecule has 0 atom stereocenters. The Morgan fingerprint density at radius 2 is 1.97 bits per heavy atom. The standard InChI is InChI=1S/C24H17ClN4O/c25-20-3-1-2-4-22(20)29-23-13-17(16-5-6-16)7-8-19(23)21(28-24(29)30)12-15-9-10-27-18(11-15)14-26/h1-4,7-11,13,16H,5-6,12H2. The van der Waals surface area contributed by atoms with Crippen LogP contribution in [-0.2, 0) is 6.42 Å². The normalized spacial score (nSPS) is 13.3. The van der Waals surface area contributed by atoms with Crippen LogP contribution < -0.4 is 5.69 Å². The molecule has 30 heavy (non-hydrogen) atoms. The van der Waals surface area contributed by atoms with Crippen molar-refractivity contribution in [1.82, 2.24) is 14.5 Å². The number of rotatable bonds is 4. The molecule has 1 saturated carbocycles. The minimum absolute atomic E-state index is 0.345. The summed E-state index contributed by atoms with van der Waals surface area (Å²) >= 11 is 6.42. The van der Waals surface area contributed by atoms with E-state index in [0.29, 0.717) is 34.4 Å². The number of nitriles is 1. The van der Waals surface area contributed by atoms with Crippen molar-refractivity contribution in [3.05, 3.63) is 98.8 Å². The van der Waals surface area contributed by atoms with Crippen molar-refractivity contribution in [3.8, 4) is 11.8 Å². The van der Waals surface area contributed by atoms with E-state index in [9.17, 15) is 4.79 Å². The molecule has 0 saturated heterocycles. The zero-order valence-corrected chi connectivity index (χ0v) is 16.8. The molecule has 0 N–H and O–H groups in total. The van der Waals surface area contributed by atoms with Gasteiger partial charge in [-0.2, -0.15) is 10.2 Å². The molecule has 1 aliphatic rings. The number of hydrogen-bond donors (Lipinski definition) is 0. The minimum Gasteiger partial charge on any atom is -0.259 e. The summed E-state index contributed by atoms with van der Waals surface area (Å²) in [5.74, 6) is 0.555. The first kappa shape index (κ1) is 18.5. The van der Waals surface area contributed by atoms with E-state index in [0.717, 1.165) is 16.5 Å². The molecule has 0 aliphatic heterocycles. The fourth-order valence-electron chi connectivity index (χ4n) is 3.82. The van der Waals surface area contributed by atoms with E-state index in [1.165, 1.54) is 18.4 Å². The van der Waals surface area contributed by atoms with E-state index in [1.807, 2.05) is 30.3 Å². The predicted molar refractivity (Wildman–Crippen MR) is 116 cm³/mol. The second-order valence-electron chi connectivity index (χ2n) is 7.52. The van der Waals surface area contributed by atoms with Crippen LogP contribution in [0.2, 0.25) is 5.02 Å². The Morgan fingerprint density at radius 1 is 1.13 bits per heavy atom. The van der Waals surface area contributed by atoms with Gasteiger partial charge in [0.05, 0.1) is 21.9 Å². The zero-order valence-electron chi connectivity index (χ0n) is 16.0. The maximum atomic E-state index is 13.1. The number of hydrogen-bond acceptors (Lipinski definition) is 4. The lowest BCUT2D eigenvalue weighted by molar-refractivity contribution is 0.917. The maximum Gasteiger partial charge on any atom is 0.352 e. The van der Waals surface area contributed by atoms with E-state index >= 15 is 0 Å². The van der Waals surface area contributed by atoms with E-state index in [1.54, 1.807) is 22.9 Å². The van der Waals surface area contributed by atoms with Gasteiger partial charge in [0.1, 0.15) is 11.8 Å². The van der Waals surface area contributed by atoms with Crippen LogP contribution >= 0.6 is 11.6 Å². The summed E-state index contributed by atoms with van der Waals surface area (Å²) in [6.07, 6.45) is 4.39. The number of nitrogens with zero attached hydrogens (tertiary/aromatic N) is 4. The molecule has 1 aliphatic carbocycles. The van der Waals surface area contributed by atoms with Crippen LogP contribution in [0.25, 0.3) is 16.6 Å². The van der Waals surface area contributed by atoms with Crippen LogP contribution in [0.4, 0.5) is 0 Å². The predicted octanol–water partition coefficient (Wildman–Crippen LogP) is 4.77. The van der Waals surface area contributed by atoms with Gasteiger partial charge < -0.3 is 0 Å². The van der Waals surface area contributed by atoms with Gasteiger partial charge in [0, 0.05) is 18.0 Å². The van der Waals surface area contributed by atoms with Crippen LogP contribution in [0.15, 0.2) is 65.6 Å². The first-order valence-corrected chi connectivity index (χ1v) is 10.2. The molecule has 6 heteroatoms. The van der Waals surface area contributed by atoms with E-state index in [4.69, 9.17) is 16.9 Å². The van der Waals surface area contributed by atoms with Crippen LogP contribution in [0.3, 0.4) is 0 Å². The number of benzene rings is 2. The van der Waals surface area contributed by atoms with Crippen molar-refractivity contribution < 1.29 is 0 Å². The van der Waals surface area contributed by atoms with Gasteiger partial charge in [0.25, 0.3) is 0 Å². The molecule has 2 aromatic heterocycles. The summed E-state index contributed by atoms with van der Waals surface area (Å²) < 4.78 is 1.60. The maximum absolute atomic E-state index is 13.1. The highest BCUT2D eigenvalue weighted by molar-refractivity contribution is 6.32. The van der Waals surface area contributed by atoms with Crippen molar-refractivity contribution in [2.24, 2.45) is 0 Å². The zero-order chi connectivity index (χ0) is 20.7. The molecule has 5 rings (SSSR count). The summed E-state index contributed by atoms with van der Waals surface area (Å²) in [6, 6.07) is 19.2. The Kier molecular flexibility index (Phi) is 4.57. The van der Waals surface area contributed by atoms with Crippen molar-refractivity contribution in [2.45, 2.75) is 25.2 Å². The number of halogens is 1. The number of para-hydroxylation sites is 1. The second-order valence-corrected chi connectivity index (χ2v) is 7.92. The number of fused-ring (bicyclic) bond motifs is 1. The van der Waals surface area contributed by atoms with Crippen LogP contribution in [0.5, 0.6) is 0 Å². The molecule has 0 spiro atoms. The van der Waals surface area contributed by atoms with Crippen molar-refractivity contribution in [2.75, 3.05) is 0 Å². The average Bonchev–Trinajstić information content (AvgIpc) is 3.60. The Labute approximate surface area is 178 Å². The molecule has 146 valence electrons. The molecule has 0 amide bonds. The summed E-state index contributed by atoms with van der Waals surface area (Å²) in [7, 11) is 0. The molecular formula is C24H17ClN4O.